The summed E-state index contributed by atoms with van der Waals surface area (Å²) in [7, 11) is 0. The second-order valence-electron chi connectivity index (χ2n) is 9.35. The van der Waals surface area contributed by atoms with Gasteiger partial charge in [0.1, 0.15) is 18.2 Å². The Bertz CT molecular complexity index is 1160. The van der Waals surface area contributed by atoms with Crippen molar-refractivity contribution in [3.8, 4) is 11.1 Å². The van der Waals surface area contributed by atoms with Crippen LogP contribution in [0.4, 0.5) is 4.79 Å². The van der Waals surface area contributed by atoms with Gasteiger partial charge in [0.25, 0.3) is 0 Å². The van der Waals surface area contributed by atoms with E-state index in [4.69, 9.17) is 21.1 Å². The van der Waals surface area contributed by atoms with Crippen molar-refractivity contribution in [1.82, 2.24) is 5.32 Å². The monoisotopic (exact) mass is 477 g/mol. The number of alkyl carbamates (subject to hydrolysis) is 1. The van der Waals surface area contributed by atoms with Crippen LogP contribution < -0.4 is 5.32 Å². The van der Waals surface area contributed by atoms with Gasteiger partial charge in [0.2, 0.25) is 0 Å². The smallest absolute Gasteiger partial charge is 0.407 e. The molecular weight excluding hydrogens is 450 g/mol. The lowest BCUT2D eigenvalue weighted by atomic mass is 9.98. The topological polar surface area (TPSA) is 64.6 Å². The molecule has 1 N–H and O–H groups in total. The number of ether oxygens (including phenoxy) is 2. The minimum Gasteiger partial charge on any atom is -0.458 e. The SMILES string of the molecule is CC(C)(C)OC(=O)C(Cc1ccccc1Cl)NC(=O)OCC1c2ccccc2-c2ccccc21. The van der Waals surface area contributed by atoms with Crippen molar-refractivity contribution in [1.29, 1.82) is 0 Å². The van der Waals surface area contributed by atoms with E-state index in [0.717, 1.165) is 27.8 Å². The zero-order valence-electron chi connectivity index (χ0n) is 19.5. The molecule has 1 unspecified atom stereocenters. The molecule has 0 saturated heterocycles. The lowest BCUT2D eigenvalue weighted by molar-refractivity contribution is -0.157. The summed E-state index contributed by atoms with van der Waals surface area (Å²) in [5.74, 6) is -0.609. The molecule has 1 aliphatic carbocycles. The minimum atomic E-state index is -0.935. The maximum atomic E-state index is 12.9. The van der Waals surface area contributed by atoms with Crippen molar-refractivity contribution in [3.05, 3.63) is 94.5 Å². The van der Waals surface area contributed by atoms with E-state index in [0.29, 0.717) is 5.02 Å². The Hall–Kier alpha value is -3.31. The first-order valence-corrected chi connectivity index (χ1v) is 11.7. The maximum absolute atomic E-state index is 12.9. The van der Waals surface area contributed by atoms with Gasteiger partial charge in [0.05, 0.1) is 0 Å². The third-order valence-electron chi connectivity index (χ3n) is 5.71. The van der Waals surface area contributed by atoms with Crippen LogP contribution >= 0.6 is 11.6 Å². The van der Waals surface area contributed by atoms with E-state index in [1.54, 1.807) is 26.8 Å². The number of nitrogens with one attached hydrogen (secondary N) is 1. The number of esters is 1. The molecular formula is C28H28ClNO4. The Morgan fingerprint density at radius 1 is 0.912 bits per heavy atom. The lowest BCUT2D eigenvalue weighted by Crippen LogP contribution is -2.46. The molecule has 1 amide bonds. The molecule has 4 rings (SSSR count). The van der Waals surface area contributed by atoms with Crippen LogP contribution in [0.3, 0.4) is 0 Å². The fraction of sp³-hybridized carbons (Fsp3) is 0.286. The van der Waals surface area contributed by atoms with Gasteiger partial charge < -0.3 is 14.8 Å². The highest BCUT2D eigenvalue weighted by molar-refractivity contribution is 6.31. The average Bonchev–Trinajstić information content (AvgIpc) is 3.11. The van der Waals surface area contributed by atoms with Crippen LogP contribution in [0.5, 0.6) is 0 Å². The first kappa shape index (κ1) is 23.8. The van der Waals surface area contributed by atoms with Gasteiger partial charge >= 0.3 is 12.1 Å². The summed E-state index contributed by atoms with van der Waals surface area (Å²) in [4.78, 5) is 25.7. The van der Waals surface area contributed by atoms with Gasteiger partial charge in [-0.25, -0.2) is 9.59 Å². The first-order valence-electron chi connectivity index (χ1n) is 11.3. The molecule has 0 radical (unpaired) electrons. The van der Waals surface area contributed by atoms with Gasteiger partial charge in [0.15, 0.2) is 0 Å². The molecule has 0 bridgehead atoms. The number of hydrogen-bond donors (Lipinski definition) is 1. The lowest BCUT2D eigenvalue weighted by Gasteiger charge is -2.25. The van der Waals surface area contributed by atoms with Crippen LogP contribution in [0.1, 0.15) is 43.4 Å². The van der Waals surface area contributed by atoms with Gasteiger partial charge in [0, 0.05) is 17.4 Å². The summed E-state index contributed by atoms with van der Waals surface area (Å²) in [6, 6.07) is 22.5. The normalized spacial score (nSPS) is 13.5. The molecule has 0 heterocycles. The Morgan fingerprint density at radius 3 is 2.06 bits per heavy atom. The van der Waals surface area contributed by atoms with Crippen LogP contribution in [0.25, 0.3) is 11.1 Å². The van der Waals surface area contributed by atoms with Crippen molar-refractivity contribution < 1.29 is 19.1 Å². The molecule has 0 fully saturated rings. The van der Waals surface area contributed by atoms with Crippen molar-refractivity contribution in [3.63, 3.8) is 0 Å². The summed E-state index contributed by atoms with van der Waals surface area (Å²) in [6.07, 6.45) is -0.483. The predicted molar refractivity (Wildman–Crippen MR) is 133 cm³/mol. The molecule has 0 spiro atoms. The largest absolute Gasteiger partial charge is 0.458 e. The van der Waals surface area contributed by atoms with Crippen molar-refractivity contribution in [2.45, 2.75) is 44.8 Å². The summed E-state index contributed by atoms with van der Waals surface area (Å²) in [6.45, 7) is 5.51. The van der Waals surface area contributed by atoms with E-state index in [1.807, 2.05) is 42.5 Å². The van der Waals surface area contributed by atoms with Gasteiger partial charge in [-0.05, 0) is 54.7 Å². The van der Waals surface area contributed by atoms with Gasteiger partial charge in [-0.15, -0.1) is 0 Å². The van der Waals surface area contributed by atoms with Crippen molar-refractivity contribution >= 4 is 23.7 Å². The molecule has 1 atom stereocenters. The standard InChI is InChI=1S/C28H28ClNO4/c1-28(2,3)34-26(31)25(16-18-10-4-9-15-24(18)29)30-27(32)33-17-23-21-13-7-5-11-19(21)20-12-6-8-14-22(20)23/h4-15,23,25H,16-17H2,1-3H3,(H,30,32). The summed E-state index contributed by atoms with van der Waals surface area (Å²) >= 11 is 6.29. The minimum absolute atomic E-state index is 0.0679. The molecule has 3 aromatic rings. The Morgan fingerprint density at radius 2 is 1.47 bits per heavy atom. The van der Waals surface area contributed by atoms with E-state index in [-0.39, 0.29) is 18.9 Å². The Balaban J connectivity index is 1.48. The van der Waals surface area contributed by atoms with Crippen LogP contribution in [0, 0.1) is 0 Å². The van der Waals surface area contributed by atoms with Crippen LogP contribution in [-0.2, 0) is 20.7 Å². The fourth-order valence-corrected chi connectivity index (χ4v) is 4.45. The highest BCUT2D eigenvalue weighted by Crippen LogP contribution is 2.44. The highest BCUT2D eigenvalue weighted by atomic mass is 35.5. The number of fused-ring (bicyclic) bond motifs is 3. The number of hydrogen-bond acceptors (Lipinski definition) is 4. The number of rotatable bonds is 6. The Kier molecular flexibility index (Phi) is 6.94. The molecule has 1 aliphatic rings. The van der Waals surface area contributed by atoms with E-state index in [1.165, 1.54) is 0 Å². The third kappa shape index (κ3) is 5.42. The van der Waals surface area contributed by atoms with Gasteiger partial charge in [-0.1, -0.05) is 78.3 Å². The van der Waals surface area contributed by atoms with E-state index in [9.17, 15) is 9.59 Å². The number of amides is 1. The second kappa shape index (κ2) is 9.90. The maximum Gasteiger partial charge on any atom is 0.407 e. The molecule has 0 saturated carbocycles. The summed E-state index contributed by atoms with van der Waals surface area (Å²) in [5.41, 5.74) is 4.58. The molecule has 0 aliphatic heterocycles. The van der Waals surface area contributed by atoms with Gasteiger partial charge in [-0.3, -0.25) is 0 Å². The summed E-state index contributed by atoms with van der Waals surface area (Å²) < 4.78 is 11.2. The molecule has 6 heteroatoms. The number of halogens is 1. The van der Waals surface area contributed by atoms with Crippen LogP contribution in [0.2, 0.25) is 5.02 Å². The van der Waals surface area contributed by atoms with Crippen LogP contribution in [0.15, 0.2) is 72.8 Å². The quantitative estimate of drug-likeness (QED) is 0.433. The molecule has 176 valence electrons. The van der Waals surface area contributed by atoms with Crippen molar-refractivity contribution in [2.24, 2.45) is 0 Å². The molecule has 5 nitrogen and oxygen atoms in total. The first-order chi connectivity index (χ1) is 16.2. The molecule has 0 aromatic heterocycles. The highest BCUT2D eigenvalue weighted by Gasteiger charge is 2.31. The Labute approximate surface area is 205 Å². The number of carbonyl (C=O) groups is 2. The van der Waals surface area contributed by atoms with E-state index < -0.39 is 23.7 Å². The van der Waals surface area contributed by atoms with Crippen molar-refractivity contribution in [2.75, 3.05) is 6.61 Å². The predicted octanol–water partition coefficient (Wildman–Crippen LogP) is 6.13. The fourth-order valence-electron chi connectivity index (χ4n) is 4.23. The van der Waals surface area contributed by atoms with Crippen LogP contribution in [-0.4, -0.2) is 30.3 Å². The average molecular weight is 478 g/mol. The van der Waals surface area contributed by atoms with E-state index >= 15 is 0 Å². The number of carbonyl (C=O) groups excluding carboxylic acids is 2. The molecule has 3 aromatic carbocycles. The molecule has 34 heavy (non-hydrogen) atoms. The second-order valence-corrected chi connectivity index (χ2v) is 9.76. The third-order valence-corrected chi connectivity index (χ3v) is 6.08. The summed E-state index contributed by atoms with van der Waals surface area (Å²) in [5, 5.41) is 3.21. The number of benzene rings is 3. The van der Waals surface area contributed by atoms with Gasteiger partial charge in [-0.2, -0.15) is 0 Å². The zero-order chi connectivity index (χ0) is 24.3. The van der Waals surface area contributed by atoms with E-state index in [2.05, 4.69) is 29.6 Å². The zero-order valence-corrected chi connectivity index (χ0v) is 20.3.